The molecule has 0 aliphatic carbocycles. The van der Waals surface area contributed by atoms with Gasteiger partial charge < -0.3 is 10.2 Å². The molecule has 0 bridgehead atoms. The third kappa shape index (κ3) is 3.56. The van der Waals surface area contributed by atoms with Crippen LogP contribution in [-0.2, 0) is 5.41 Å². The molecule has 0 spiro atoms. The van der Waals surface area contributed by atoms with E-state index in [1.165, 1.54) is 17.8 Å². The molecule has 102 valence electrons. The fourth-order valence-corrected chi connectivity index (χ4v) is 3.70. The van der Waals surface area contributed by atoms with Crippen molar-refractivity contribution in [3.8, 4) is 0 Å². The van der Waals surface area contributed by atoms with Gasteiger partial charge in [-0.1, -0.05) is 19.9 Å². The maximum absolute atomic E-state index is 3.63. The van der Waals surface area contributed by atoms with Gasteiger partial charge in [-0.15, -0.1) is 11.3 Å². The highest BCUT2D eigenvalue weighted by molar-refractivity contribution is 7.10. The van der Waals surface area contributed by atoms with E-state index in [4.69, 9.17) is 0 Å². The largest absolute Gasteiger partial charge is 0.310 e. The van der Waals surface area contributed by atoms with Crippen molar-refractivity contribution >= 4 is 11.3 Å². The van der Waals surface area contributed by atoms with Crippen molar-refractivity contribution in [3.05, 3.63) is 22.4 Å². The van der Waals surface area contributed by atoms with Crippen LogP contribution in [0.3, 0.4) is 0 Å². The number of hydrogen-bond donors (Lipinski definition) is 1. The molecule has 3 heteroatoms. The van der Waals surface area contributed by atoms with E-state index in [1.54, 1.807) is 0 Å². The van der Waals surface area contributed by atoms with Crippen LogP contribution in [0.5, 0.6) is 0 Å². The van der Waals surface area contributed by atoms with Gasteiger partial charge in [-0.25, -0.2) is 0 Å². The van der Waals surface area contributed by atoms with Crippen LogP contribution in [0.2, 0.25) is 0 Å². The summed E-state index contributed by atoms with van der Waals surface area (Å²) in [4.78, 5) is 4.12. The highest BCUT2D eigenvalue weighted by Gasteiger charge is 2.29. The molecule has 1 aliphatic rings. The van der Waals surface area contributed by atoms with E-state index < -0.39 is 0 Å². The van der Waals surface area contributed by atoms with E-state index in [2.05, 4.69) is 55.4 Å². The van der Waals surface area contributed by atoms with E-state index in [1.807, 2.05) is 11.3 Å². The lowest BCUT2D eigenvalue weighted by atomic mass is 9.90. The molecular weight excluding hydrogens is 240 g/mol. The monoisotopic (exact) mass is 266 g/mol. The van der Waals surface area contributed by atoms with Gasteiger partial charge in [-0.05, 0) is 44.8 Å². The number of thiophene rings is 1. The van der Waals surface area contributed by atoms with Crippen molar-refractivity contribution in [2.75, 3.05) is 26.2 Å². The van der Waals surface area contributed by atoms with Gasteiger partial charge in [0.2, 0.25) is 0 Å². The Morgan fingerprint density at radius 3 is 2.89 bits per heavy atom. The van der Waals surface area contributed by atoms with Crippen molar-refractivity contribution < 1.29 is 0 Å². The Bertz CT molecular complexity index is 368. The highest BCUT2D eigenvalue weighted by atomic mass is 32.1. The van der Waals surface area contributed by atoms with Gasteiger partial charge in [0.15, 0.2) is 0 Å². The van der Waals surface area contributed by atoms with E-state index in [-0.39, 0.29) is 11.0 Å². The Kier molecular flexibility index (Phi) is 4.15. The molecule has 1 aromatic heterocycles. The topological polar surface area (TPSA) is 15.3 Å². The Hall–Kier alpha value is -0.380. The van der Waals surface area contributed by atoms with E-state index in [0.717, 1.165) is 19.6 Å². The quantitative estimate of drug-likeness (QED) is 0.904. The smallest absolute Gasteiger partial charge is 0.0252 e. The maximum atomic E-state index is 3.63. The minimum atomic E-state index is 0.238. The highest BCUT2D eigenvalue weighted by Crippen LogP contribution is 2.29. The van der Waals surface area contributed by atoms with Crippen molar-refractivity contribution in [2.45, 2.75) is 45.1 Å². The SMILES string of the molecule is CC1(C)CN(CC(C)(C)c2cccs2)CCCN1. The molecule has 0 atom stereocenters. The molecule has 0 aromatic carbocycles. The summed E-state index contributed by atoms with van der Waals surface area (Å²) < 4.78 is 0. The molecule has 1 N–H and O–H groups in total. The zero-order valence-corrected chi connectivity index (χ0v) is 12.9. The molecule has 0 unspecified atom stereocenters. The Morgan fingerprint density at radius 2 is 2.22 bits per heavy atom. The second-order valence-electron chi connectivity index (χ2n) is 6.74. The second kappa shape index (κ2) is 5.32. The number of hydrogen-bond acceptors (Lipinski definition) is 3. The van der Waals surface area contributed by atoms with Gasteiger partial charge in [0.1, 0.15) is 0 Å². The summed E-state index contributed by atoms with van der Waals surface area (Å²) in [5.74, 6) is 0. The molecule has 1 fully saturated rings. The maximum Gasteiger partial charge on any atom is 0.0252 e. The molecule has 0 amide bonds. The fourth-order valence-electron chi connectivity index (χ4n) is 2.86. The third-order valence-corrected chi connectivity index (χ3v) is 4.92. The van der Waals surface area contributed by atoms with Crippen LogP contribution < -0.4 is 5.32 Å². The van der Waals surface area contributed by atoms with Crippen LogP contribution in [0.15, 0.2) is 17.5 Å². The molecule has 2 nitrogen and oxygen atoms in total. The van der Waals surface area contributed by atoms with Crippen LogP contribution in [0.25, 0.3) is 0 Å². The van der Waals surface area contributed by atoms with Crippen LogP contribution >= 0.6 is 11.3 Å². The minimum absolute atomic E-state index is 0.238. The average Bonchev–Trinajstić information content (AvgIpc) is 2.72. The lowest BCUT2D eigenvalue weighted by Gasteiger charge is -2.35. The molecule has 0 saturated carbocycles. The van der Waals surface area contributed by atoms with E-state index in [9.17, 15) is 0 Å². The minimum Gasteiger partial charge on any atom is -0.310 e. The first-order valence-electron chi connectivity index (χ1n) is 6.90. The normalized spacial score (nSPS) is 21.8. The Labute approximate surface area is 115 Å². The summed E-state index contributed by atoms with van der Waals surface area (Å²) in [5, 5.41) is 5.82. The third-order valence-electron chi connectivity index (χ3n) is 3.68. The summed E-state index contributed by atoms with van der Waals surface area (Å²) in [6, 6.07) is 4.43. The number of rotatable bonds is 3. The first-order valence-corrected chi connectivity index (χ1v) is 7.78. The second-order valence-corrected chi connectivity index (χ2v) is 7.68. The predicted octanol–water partition coefficient (Wildman–Crippen LogP) is 3.10. The lowest BCUT2D eigenvalue weighted by molar-refractivity contribution is 0.196. The van der Waals surface area contributed by atoms with E-state index >= 15 is 0 Å². The zero-order valence-electron chi connectivity index (χ0n) is 12.1. The van der Waals surface area contributed by atoms with Crippen LogP contribution in [0.4, 0.5) is 0 Å². The molecule has 1 aromatic rings. The van der Waals surface area contributed by atoms with Gasteiger partial charge in [0, 0.05) is 28.9 Å². The van der Waals surface area contributed by atoms with Crippen molar-refractivity contribution in [1.29, 1.82) is 0 Å². The number of nitrogens with one attached hydrogen (secondary N) is 1. The molecule has 1 aliphatic heterocycles. The first-order chi connectivity index (χ1) is 8.39. The molecular formula is C15H26N2S. The Morgan fingerprint density at radius 1 is 1.44 bits per heavy atom. The summed E-state index contributed by atoms with van der Waals surface area (Å²) >= 11 is 1.88. The van der Waals surface area contributed by atoms with Gasteiger partial charge in [0.25, 0.3) is 0 Å². The van der Waals surface area contributed by atoms with Crippen LogP contribution in [-0.4, -0.2) is 36.6 Å². The van der Waals surface area contributed by atoms with Crippen molar-refractivity contribution in [3.63, 3.8) is 0 Å². The van der Waals surface area contributed by atoms with Gasteiger partial charge in [-0.2, -0.15) is 0 Å². The lowest BCUT2D eigenvalue weighted by Crippen LogP contribution is -2.48. The fraction of sp³-hybridized carbons (Fsp3) is 0.733. The molecule has 2 rings (SSSR count). The summed E-state index contributed by atoms with van der Waals surface area (Å²) in [5.41, 5.74) is 0.497. The van der Waals surface area contributed by atoms with Gasteiger partial charge >= 0.3 is 0 Å². The molecule has 1 saturated heterocycles. The van der Waals surface area contributed by atoms with Crippen LogP contribution in [0.1, 0.15) is 39.0 Å². The predicted molar refractivity (Wildman–Crippen MR) is 80.5 cm³/mol. The van der Waals surface area contributed by atoms with Gasteiger partial charge in [-0.3, -0.25) is 0 Å². The van der Waals surface area contributed by atoms with E-state index in [0.29, 0.717) is 0 Å². The standard InChI is InChI=1S/C15H26N2S/c1-14(2,13-7-5-10-18-13)11-17-9-6-8-16-15(3,4)12-17/h5,7,10,16H,6,8-9,11-12H2,1-4H3. The van der Waals surface area contributed by atoms with Crippen LogP contribution in [0, 0.1) is 0 Å². The van der Waals surface area contributed by atoms with Crippen molar-refractivity contribution in [2.24, 2.45) is 0 Å². The summed E-state index contributed by atoms with van der Waals surface area (Å²) in [6.45, 7) is 14.0. The first kappa shape index (κ1) is 14.0. The Balaban J connectivity index is 2.04. The molecule has 2 heterocycles. The summed E-state index contributed by atoms with van der Waals surface area (Å²) in [7, 11) is 0. The average molecular weight is 266 g/mol. The number of nitrogens with zero attached hydrogens (tertiary/aromatic N) is 1. The van der Waals surface area contributed by atoms with Crippen molar-refractivity contribution in [1.82, 2.24) is 10.2 Å². The van der Waals surface area contributed by atoms with Gasteiger partial charge in [0.05, 0.1) is 0 Å². The molecule has 0 radical (unpaired) electrons. The molecule has 18 heavy (non-hydrogen) atoms. The zero-order chi connectivity index (χ0) is 13.2. The summed E-state index contributed by atoms with van der Waals surface area (Å²) in [6.07, 6.45) is 1.25.